The molecule has 1 heterocycles. The molecule has 0 aromatic rings. The molecule has 0 atom stereocenters. The first-order chi connectivity index (χ1) is 5.83. The maximum Gasteiger partial charge on any atom is 0.292 e. The Morgan fingerprint density at radius 1 is 1.58 bits per heavy atom. The lowest BCUT2D eigenvalue weighted by Gasteiger charge is -1.95. The van der Waals surface area contributed by atoms with Gasteiger partial charge in [0.2, 0.25) is 0 Å². The Hall–Kier alpha value is -1.06. The summed E-state index contributed by atoms with van der Waals surface area (Å²) in [4.78, 5) is 14.7. The number of unbranched alkanes of at least 4 members (excludes halogenated alkanes) is 2. The van der Waals surface area contributed by atoms with Crippen molar-refractivity contribution < 1.29 is 9.53 Å². The number of carbonyl (C=O) groups excluding carboxylic acids is 1. The highest BCUT2D eigenvalue weighted by Gasteiger charge is 2.15. The standard InChI is InChI=1S/C8H14N2O2/c1-2-3-4-5-9-8-10-7(11)6-12-8/h2-6H2,1H3,(H,9,10,11). The summed E-state index contributed by atoms with van der Waals surface area (Å²) in [6.07, 6.45) is 3.40. The highest BCUT2D eigenvalue weighted by atomic mass is 16.5. The van der Waals surface area contributed by atoms with Crippen molar-refractivity contribution in [2.45, 2.75) is 26.2 Å². The van der Waals surface area contributed by atoms with E-state index in [1.807, 2.05) is 0 Å². The normalized spacial score (nSPS) is 19.4. The highest BCUT2D eigenvalue weighted by Crippen LogP contribution is 1.96. The number of amides is 1. The Bertz CT molecular complexity index is 189. The minimum atomic E-state index is -0.107. The number of nitrogens with one attached hydrogen (secondary N) is 1. The third-order valence-corrected chi connectivity index (χ3v) is 1.60. The molecule has 0 bridgehead atoms. The Kier molecular flexibility index (Phi) is 3.57. The zero-order valence-electron chi connectivity index (χ0n) is 7.30. The zero-order chi connectivity index (χ0) is 8.81. The van der Waals surface area contributed by atoms with Gasteiger partial charge in [0.15, 0.2) is 6.61 Å². The fraction of sp³-hybridized carbons (Fsp3) is 0.750. The van der Waals surface area contributed by atoms with E-state index >= 15 is 0 Å². The Balaban J connectivity index is 2.15. The van der Waals surface area contributed by atoms with Crippen LogP contribution in [0.5, 0.6) is 0 Å². The highest BCUT2D eigenvalue weighted by molar-refractivity contribution is 5.99. The van der Waals surface area contributed by atoms with Crippen LogP contribution in [0.4, 0.5) is 0 Å². The second kappa shape index (κ2) is 4.74. The van der Waals surface area contributed by atoms with Crippen LogP contribution in [0.3, 0.4) is 0 Å². The monoisotopic (exact) mass is 170 g/mol. The van der Waals surface area contributed by atoms with Gasteiger partial charge in [-0.3, -0.25) is 10.1 Å². The molecule has 1 aliphatic rings. The SMILES string of the molecule is CCCCC/N=C1/NC(=O)CO1. The Morgan fingerprint density at radius 2 is 2.42 bits per heavy atom. The fourth-order valence-electron chi connectivity index (χ4n) is 0.953. The number of amidine groups is 1. The number of ether oxygens (including phenoxy) is 1. The number of hydrogen-bond donors (Lipinski definition) is 1. The van der Waals surface area contributed by atoms with Crippen molar-refractivity contribution in [3.8, 4) is 0 Å². The topological polar surface area (TPSA) is 50.7 Å². The predicted molar refractivity (Wildman–Crippen MR) is 45.9 cm³/mol. The molecule has 1 rings (SSSR count). The lowest BCUT2D eigenvalue weighted by atomic mass is 10.2. The average Bonchev–Trinajstić information content (AvgIpc) is 2.45. The largest absolute Gasteiger partial charge is 0.455 e. The third kappa shape index (κ3) is 2.90. The van der Waals surface area contributed by atoms with E-state index in [1.54, 1.807) is 0 Å². The number of aliphatic imine (C=N–C) groups is 1. The van der Waals surface area contributed by atoms with Crippen LogP contribution in [0.15, 0.2) is 4.99 Å². The van der Waals surface area contributed by atoms with Gasteiger partial charge in [-0.25, -0.2) is 4.99 Å². The van der Waals surface area contributed by atoms with Crippen molar-refractivity contribution >= 4 is 11.9 Å². The summed E-state index contributed by atoms with van der Waals surface area (Å²) in [7, 11) is 0. The van der Waals surface area contributed by atoms with Gasteiger partial charge in [-0.15, -0.1) is 0 Å². The molecular weight excluding hydrogens is 156 g/mol. The number of hydrogen-bond acceptors (Lipinski definition) is 3. The summed E-state index contributed by atoms with van der Waals surface area (Å²) in [5.74, 6) is -0.107. The number of nitrogens with zero attached hydrogens (tertiary/aromatic N) is 1. The molecule has 1 amide bonds. The number of rotatable bonds is 4. The molecule has 0 spiro atoms. The van der Waals surface area contributed by atoms with Crippen LogP contribution < -0.4 is 5.32 Å². The molecule has 0 saturated carbocycles. The van der Waals surface area contributed by atoms with E-state index in [0.29, 0.717) is 6.02 Å². The van der Waals surface area contributed by atoms with Crippen LogP contribution in [0.1, 0.15) is 26.2 Å². The average molecular weight is 170 g/mol. The van der Waals surface area contributed by atoms with Crippen LogP contribution >= 0.6 is 0 Å². The third-order valence-electron chi connectivity index (χ3n) is 1.60. The molecule has 0 aromatic carbocycles. The van der Waals surface area contributed by atoms with E-state index in [4.69, 9.17) is 4.74 Å². The lowest BCUT2D eigenvalue weighted by Crippen LogP contribution is -2.21. The van der Waals surface area contributed by atoms with Gasteiger partial charge in [-0.2, -0.15) is 0 Å². The molecule has 0 aromatic heterocycles. The first kappa shape index (κ1) is 9.03. The molecular formula is C8H14N2O2. The predicted octanol–water partition coefficient (Wildman–Crippen LogP) is 0.679. The zero-order valence-corrected chi connectivity index (χ0v) is 7.30. The summed E-state index contributed by atoms with van der Waals surface area (Å²) >= 11 is 0. The van der Waals surface area contributed by atoms with Crippen molar-refractivity contribution in [3.63, 3.8) is 0 Å². The molecule has 4 nitrogen and oxygen atoms in total. The van der Waals surface area contributed by atoms with E-state index in [0.717, 1.165) is 13.0 Å². The van der Waals surface area contributed by atoms with Crippen molar-refractivity contribution in [1.29, 1.82) is 0 Å². The number of carbonyl (C=O) groups is 1. The van der Waals surface area contributed by atoms with Crippen LogP contribution in [0.2, 0.25) is 0 Å². The maximum absolute atomic E-state index is 10.6. The molecule has 1 fully saturated rings. The molecule has 1 N–H and O–H groups in total. The second-order valence-electron chi connectivity index (χ2n) is 2.73. The summed E-state index contributed by atoms with van der Waals surface area (Å²) in [5, 5.41) is 2.52. The van der Waals surface area contributed by atoms with Gasteiger partial charge in [-0.1, -0.05) is 19.8 Å². The minimum absolute atomic E-state index is 0.107. The molecule has 68 valence electrons. The van der Waals surface area contributed by atoms with Crippen molar-refractivity contribution in [2.24, 2.45) is 4.99 Å². The fourth-order valence-corrected chi connectivity index (χ4v) is 0.953. The quantitative estimate of drug-likeness (QED) is 0.631. The smallest absolute Gasteiger partial charge is 0.292 e. The van der Waals surface area contributed by atoms with Gasteiger partial charge in [0.25, 0.3) is 11.9 Å². The maximum atomic E-state index is 10.6. The van der Waals surface area contributed by atoms with Crippen LogP contribution in [-0.4, -0.2) is 25.1 Å². The van der Waals surface area contributed by atoms with Crippen molar-refractivity contribution in [2.75, 3.05) is 13.2 Å². The molecule has 12 heavy (non-hydrogen) atoms. The van der Waals surface area contributed by atoms with E-state index in [-0.39, 0.29) is 12.5 Å². The van der Waals surface area contributed by atoms with Gasteiger partial charge in [0, 0.05) is 6.54 Å². The van der Waals surface area contributed by atoms with E-state index in [9.17, 15) is 4.79 Å². The Morgan fingerprint density at radius 3 is 3.00 bits per heavy atom. The first-order valence-electron chi connectivity index (χ1n) is 4.30. The van der Waals surface area contributed by atoms with Gasteiger partial charge in [-0.05, 0) is 6.42 Å². The molecule has 4 heteroatoms. The van der Waals surface area contributed by atoms with E-state index in [2.05, 4.69) is 17.2 Å². The molecule has 0 unspecified atom stereocenters. The van der Waals surface area contributed by atoms with Crippen molar-refractivity contribution in [3.05, 3.63) is 0 Å². The van der Waals surface area contributed by atoms with Crippen LogP contribution in [-0.2, 0) is 9.53 Å². The molecule has 1 saturated heterocycles. The summed E-state index contributed by atoms with van der Waals surface area (Å²) in [5.41, 5.74) is 0. The second-order valence-corrected chi connectivity index (χ2v) is 2.73. The van der Waals surface area contributed by atoms with Gasteiger partial charge >= 0.3 is 0 Å². The summed E-state index contributed by atoms with van der Waals surface area (Å²) < 4.78 is 4.93. The summed E-state index contributed by atoms with van der Waals surface area (Å²) in [6.45, 7) is 3.00. The van der Waals surface area contributed by atoms with Gasteiger partial charge in [0.05, 0.1) is 0 Å². The van der Waals surface area contributed by atoms with Gasteiger partial charge in [0.1, 0.15) is 0 Å². The Labute approximate surface area is 72.0 Å². The van der Waals surface area contributed by atoms with Crippen LogP contribution in [0.25, 0.3) is 0 Å². The van der Waals surface area contributed by atoms with Gasteiger partial charge < -0.3 is 4.74 Å². The summed E-state index contributed by atoms with van der Waals surface area (Å²) in [6, 6.07) is 0.385. The van der Waals surface area contributed by atoms with E-state index in [1.165, 1.54) is 12.8 Å². The molecule has 1 aliphatic heterocycles. The van der Waals surface area contributed by atoms with Crippen LogP contribution in [0, 0.1) is 0 Å². The van der Waals surface area contributed by atoms with E-state index < -0.39 is 0 Å². The minimum Gasteiger partial charge on any atom is -0.455 e. The van der Waals surface area contributed by atoms with Crippen molar-refractivity contribution in [1.82, 2.24) is 5.32 Å². The lowest BCUT2D eigenvalue weighted by molar-refractivity contribution is -0.119. The molecule has 0 radical (unpaired) electrons. The molecule has 0 aliphatic carbocycles. The first-order valence-corrected chi connectivity index (χ1v) is 4.30.